The predicted octanol–water partition coefficient (Wildman–Crippen LogP) is 2.52. The number of urea groups is 1. The van der Waals surface area contributed by atoms with Gasteiger partial charge in [-0.1, -0.05) is 32.9 Å². The number of carboxylic acids is 1. The van der Waals surface area contributed by atoms with E-state index in [4.69, 9.17) is 5.11 Å². The van der Waals surface area contributed by atoms with Crippen molar-refractivity contribution in [3.63, 3.8) is 0 Å². The van der Waals surface area contributed by atoms with Crippen LogP contribution in [0.15, 0.2) is 24.3 Å². The average Bonchev–Trinajstić information content (AvgIpc) is 2.45. The van der Waals surface area contributed by atoms with Crippen molar-refractivity contribution in [2.75, 3.05) is 13.1 Å². The van der Waals surface area contributed by atoms with Crippen LogP contribution in [0.1, 0.15) is 36.7 Å². The molecule has 5 nitrogen and oxygen atoms in total. The summed E-state index contributed by atoms with van der Waals surface area (Å²) in [5.41, 5.74) is 1.27. The molecule has 116 valence electrons. The third kappa shape index (κ3) is 6.29. The van der Waals surface area contributed by atoms with Crippen molar-refractivity contribution in [2.45, 2.75) is 27.2 Å². The van der Waals surface area contributed by atoms with Gasteiger partial charge in [-0.05, 0) is 36.0 Å². The Balaban J connectivity index is 2.26. The molecule has 0 heterocycles. The lowest BCUT2D eigenvalue weighted by atomic mass is 9.98. The second-order valence-corrected chi connectivity index (χ2v) is 5.61. The number of benzene rings is 1. The molecule has 0 spiro atoms. The Morgan fingerprint density at radius 2 is 1.71 bits per heavy atom. The van der Waals surface area contributed by atoms with Crippen LogP contribution in [0.2, 0.25) is 0 Å². The van der Waals surface area contributed by atoms with Gasteiger partial charge in [0.2, 0.25) is 0 Å². The summed E-state index contributed by atoms with van der Waals surface area (Å²) >= 11 is 0. The number of nitrogens with one attached hydrogen (secondary N) is 2. The van der Waals surface area contributed by atoms with E-state index in [1.807, 2.05) is 0 Å². The molecule has 2 amide bonds. The number of hydrogen-bond donors (Lipinski definition) is 3. The molecule has 0 aromatic heterocycles. The van der Waals surface area contributed by atoms with Crippen molar-refractivity contribution in [3.8, 4) is 0 Å². The lowest BCUT2D eigenvalue weighted by Gasteiger charge is -2.16. The monoisotopic (exact) mass is 292 g/mol. The predicted molar refractivity (Wildman–Crippen MR) is 82.5 cm³/mol. The molecule has 0 radical (unpaired) electrons. The maximum atomic E-state index is 11.6. The highest BCUT2D eigenvalue weighted by Crippen LogP contribution is 2.07. The number of amides is 2. The quantitative estimate of drug-likeness (QED) is 0.722. The van der Waals surface area contributed by atoms with Gasteiger partial charge in [-0.25, -0.2) is 9.59 Å². The smallest absolute Gasteiger partial charge is 0.335 e. The normalized spacial score (nSPS) is 12.0. The van der Waals surface area contributed by atoms with Crippen LogP contribution in [0.25, 0.3) is 0 Å². The summed E-state index contributed by atoms with van der Waals surface area (Å²) in [6, 6.07) is 6.52. The fourth-order valence-corrected chi connectivity index (χ4v) is 1.69. The van der Waals surface area contributed by atoms with Crippen LogP contribution in [-0.4, -0.2) is 30.2 Å². The summed E-state index contributed by atoms with van der Waals surface area (Å²) in [5.74, 6) is 0.0516. The molecule has 21 heavy (non-hydrogen) atoms. The van der Waals surface area contributed by atoms with Crippen LogP contribution in [-0.2, 0) is 6.42 Å². The van der Waals surface area contributed by atoms with Gasteiger partial charge in [0.15, 0.2) is 0 Å². The molecule has 1 aromatic carbocycles. The highest BCUT2D eigenvalue weighted by atomic mass is 16.4. The molecule has 1 unspecified atom stereocenters. The van der Waals surface area contributed by atoms with Crippen LogP contribution in [0.4, 0.5) is 4.79 Å². The van der Waals surface area contributed by atoms with E-state index in [-0.39, 0.29) is 11.6 Å². The van der Waals surface area contributed by atoms with Crippen molar-refractivity contribution in [3.05, 3.63) is 35.4 Å². The maximum Gasteiger partial charge on any atom is 0.335 e. The van der Waals surface area contributed by atoms with Gasteiger partial charge in [-0.15, -0.1) is 0 Å². The van der Waals surface area contributed by atoms with Crippen molar-refractivity contribution in [2.24, 2.45) is 11.8 Å². The molecule has 1 rings (SSSR count). The molecular weight excluding hydrogens is 268 g/mol. The van der Waals surface area contributed by atoms with Gasteiger partial charge in [-0.3, -0.25) is 0 Å². The Bertz CT molecular complexity index is 469. The average molecular weight is 292 g/mol. The van der Waals surface area contributed by atoms with E-state index < -0.39 is 5.97 Å². The van der Waals surface area contributed by atoms with Gasteiger partial charge in [0.25, 0.3) is 0 Å². The molecule has 5 heteroatoms. The number of rotatable bonds is 7. The highest BCUT2D eigenvalue weighted by molar-refractivity contribution is 5.87. The minimum Gasteiger partial charge on any atom is -0.478 e. The Kier molecular flexibility index (Phi) is 6.72. The summed E-state index contributed by atoms with van der Waals surface area (Å²) < 4.78 is 0. The Labute approximate surface area is 125 Å². The molecule has 0 aliphatic carbocycles. The summed E-state index contributed by atoms with van der Waals surface area (Å²) in [7, 11) is 0. The molecule has 0 aliphatic heterocycles. The number of aromatic carboxylic acids is 1. The topological polar surface area (TPSA) is 78.4 Å². The van der Waals surface area contributed by atoms with Gasteiger partial charge < -0.3 is 15.7 Å². The number of hydrogen-bond acceptors (Lipinski definition) is 2. The van der Waals surface area contributed by atoms with E-state index in [9.17, 15) is 9.59 Å². The van der Waals surface area contributed by atoms with E-state index in [0.717, 1.165) is 5.56 Å². The molecule has 0 fully saturated rings. The van der Waals surface area contributed by atoms with E-state index >= 15 is 0 Å². The lowest BCUT2D eigenvalue weighted by Crippen LogP contribution is -2.39. The Morgan fingerprint density at radius 3 is 2.24 bits per heavy atom. The first kappa shape index (κ1) is 17.0. The fourth-order valence-electron chi connectivity index (χ4n) is 1.69. The Hall–Kier alpha value is -2.04. The molecule has 0 bridgehead atoms. The molecule has 3 N–H and O–H groups in total. The zero-order valence-corrected chi connectivity index (χ0v) is 12.8. The first-order valence-electron chi connectivity index (χ1n) is 7.24. The summed E-state index contributed by atoms with van der Waals surface area (Å²) in [6.45, 7) is 7.55. The largest absolute Gasteiger partial charge is 0.478 e. The summed E-state index contributed by atoms with van der Waals surface area (Å²) in [4.78, 5) is 22.3. The van der Waals surface area contributed by atoms with E-state index in [1.54, 1.807) is 24.3 Å². The van der Waals surface area contributed by atoms with Crippen molar-refractivity contribution < 1.29 is 14.7 Å². The van der Waals surface area contributed by atoms with Crippen molar-refractivity contribution >= 4 is 12.0 Å². The van der Waals surface area contributed by atoms with Crippen LogP contribution < -0.4 is 10.6 Å². The minimum absolute atomic E-state index is 0.162. The van der Waals surface area contributed by atoms with Gasteiger partial charge >= 0.3 is 12.0 Å². The lowest BCUT2D eigenvalue weighted by molar-refractivity contribution is 0.0697. The molecule has 1 aromatic rings. The molecule has 0 saturated heterocycles. The van der Waals surface area contributed by atoms with Crippen LogP contribution in [0, 0.1) is 11.8 Å². The van der Waals surface area contributed by atoms with Crippen LogP contribution in [0.5, 0.6) is 0 Å². The molecule has 0 aliphatic rings. The third-order valence-corrected chi connectivity index (χ3v) is 3.62. The summed E-state index contributed by atoms with van der Waals surface area (Å²) in [5, 5.41) is 14.4. The van der Waals surface area contributed by atoms with Gasteiger partial charge in [0.05, 0.1) is 5.56 Å². The third-order valence-electron chi connectivity index (χ3n) is 3.62. The number of carboxylic acid groups (broad SMARTS) is 1. The Morgan fingerprint density at radius 1 is 1.10 bits per heavy atom. The molecular formula is C16H24N2O3. The van der Waals surface area contributed by atoms with Gasteiger partial charge in [-0.2, -0.15) is 0 Å². The minimum atomic E-state index is -0.932. The zero-order valence-electron chi connectivity index (χ0n) is 12.8. The second-order valence-electron chi connectivity index (χ2n) is 5.61. The summed E-state index contributed by atoms with van der Waals surface area (Å²) in [6.07, 6.45) is 0.674. The molecule has 0 saturated carbocycles. The van der Waals surface area contributed by atoms with Crippen LogP contribution in [0.3, 0.4) is 0 Å². The van der Waals surface area contributed by atoms with E-state index in [0.29, 0.717) is 31.3 Å². The van der Waals surface area contributed by atoms with Crippen LogP contribution >= 0.6 is 0 Å². The number of carbonyl (C=O) groups is 2. The molecule has 1 atom stereocenters. The van der Waals surface area contributed by atoms with Crippen molar-refractivity contribution in [1.29, 1.82) is 0 Å². The first-order chi connectivity index (χ1) is 9.90. The first-order valence-corrected chi connectivity index (χ1v) is 7.24. The van der Waals surface area contributed by atoms with Gasteiger partial charge in [0, 0.05) is 13.1 Å². The maximum absolute atomic E-state index is 11.6. The fraction of sp³-hybridized carbons (Fsp3) is 0.500. The standard InChI is InChI=1S/C16H24N2O3/c1-11(2)12(3)10-18-16(21)17-9-8-13-4-6-14(7-5-13)15(19)20/h4-7,11-12H,8-10H2,1-3H3,(H,19,20)(H2,17,18,21). The van der Waals surface area contributed by atoms with Crippen molar-refractivity contribution in [1.82, 2.24) is 10.6 Å². The second kappa shape index (κ2) is 8.29. The van der Waals surface area contributed by atoms with E-state index in [1.165, 1.54) is 0 Å². The highest BCUT2D eigenvalue weighted by Gasteiger charge is 2.08. The van der Waals surface area contributed by atoms with E-state index in [2.05, 4.69) is 31.4 Å². The SMILES string of the molecule is CC(C)C(C)CNC(=O)NCCc1ccc(C(=O)O)cc1. The van der Waals surface area contributed by atoms with Gasteiger partial charge in [0.1, 0.15) is 0 Å². The number of carbonyl (C=O) groups excluding carboxylic acids is 1. The zero-order chi connectivity index (χ0) is 15.8.